The zero-order valence-corrected chi connectivity index (χ0v) is 8.58. The molecule has 0 aliphatic rings. The average Bonchev–Trinajstić information content (AvgIpc) is 2.83. The Balaban J connectivity index is 2.18. The van der Waals surface area contributed by atoms with Crippen LogP contribution in [0.1, 0.15) is 5.82 Å². The molecule has 0 atom stereocenters. The lowest BCUT2D eigenvalue weighted by atomic mass is 10.2. The van der Waals surface area contributed by atoms with Gasteiger partial charge in [-0.15, -0.1) is 0 Å². The number of aryl methyl sites for hydroxylation is 1. The molecule has 0 bridgehead atoms. The van der Waals surface area contributed by atoms with Gasteiger partial charge in [0.15, 0.2) is 5.82 Å². The summed E-state index contributed by atoms with van der Waals surface area (Å²) in [6.07, 6.45) is 0. The molecule has 2 heterocycles. The summed E-state index contributed by atoms with van der Waals surface area (Å²) in [6.45, 7) is 1.83. The topological polar surface area (TPSA) is 57.4 Å². The van der Waals surface area contributed by atoms with Gasteiger partial charge < -0.3 is 4.98 Å². The van der Waals surface area contributed by atoms with Crippen molar-refractivity contribution in [2.75, 3.05) is 0 Å². The number of hydrogen-bond donors (Lipinski definition) is 2. The lowest BCUT2D eigenvalue weighted by Crippen LogP contribution is -1.79. The molecule has 3 rings (SSSR count). The van der Waals surface area contributed by atoms with Gasteiger partial charge in [-0.05, 0) is 31.2 Å². The van der Waals surface area contributed by atoms with Gasteiger partial charge in [0.25, 0.3) is 0 Å². The predicted octanol–water partition coefficient (Wildman–Crippen LogP) is 2.40. The van der Waals surface area contributed by atoms with Crippen LogP contribution in [0.3, 0.4) is 0 Å². The number of nitrogens with one attached hydrogen (secondary N) is 2. The van der Waals surface area contributed by atoms with Gasteiger partial charge >= 0.3 is 0 Å². The lowest BCUT2D eigenvalue weighted by molar-refractivity contribution is 0.630. The van der Waals surface area contributed by atoms with Crippen LogP contribution in [-0.2, 0) is 0 Å². The first-order chi connectivity index (χ1) is 7.72. The zero-order valence-electron chi connectivity index (χ0n) is 8.58. The van der Waals surface area contributed by atoms with Gasteiger partial charge in [0.05, 0.1) is 5.69 Å². The molecule has 0 spiro atoms. The van der Waals surface area contributed by atoms with Crippen molar-refractivity contribution in [1.82, 2.24) is 20.2 Å². The fourth-order valence-electron chi connectivity index (χ4n) is 1.69. The molecule has 0 aliphatic carbocycles. The van der Waals surface area contributed by atoms with Crippen LogP contribution in [-0.4, -0.2) is 20.2 Å². The monoisotopic (exact) mass is 216 g/mol. The summed E-state index contributed by atoms with van der Waals surface area (Å²) < 4.78 is 13.0. The molecule has 0 unspecified atom stereocenters. The van der Waals surface area contributed by atoms with Crippen LogP contribution >= 0.6 is 0 Å². The summed E-state index contributed by atoms with van der Waals surface area (Å²) in [7, 11) is 0. The second-order valence-electron chi connectivity index (χ2n) is 3.66. The standard InChI is InChI=1S/C11H9FN4/c1-6-13-11(16-15-6)10-5-7-4-8(12)2-3-9(7)14-10/h2-5,14H,1H3,(H,13,15,16). The van der Waals surface area contributed by atoms with E-state index in [0.717, 1.165) is 22.4 Å². The van der Waals surface area contributed by atoms with Crippen LogP contribution in [0.4, 0.5) is 4.39 Å². The molecule has 0 radical (unpaired) electrons. The number of aromatic amines is 2. The van der Waals surface area contributed by atoms with Crippen molar-refractivity contribution in [2.24, 2.45) is 0 Å². The molecule has 16 heavy (non-hydrogen) atoms. The van der Waals surface area contributed by atoms with Gasteiger partial charge in [-0.1, -0.05) is 0 Å². The molecule has 3 aromatic rings. The first-order valence-corrected chi connectivity index (χ1v) is 4.90. The Kier molecular flexibility index (Phi) is 1.80. The maximum Gasteiger partial charge on any atom is 0.197 e. The van der Waals surface area contributed by atoms with Gasteiger partial charge in [0.1, 0.15) is 11.6 Å². The van der Waals surface area contributed by atoms with Crippen molar-refractivity contribution in [3.8, 4) is 11.5 Å². The SMILES string of the molecule is Cc1nc(-c2cc3cc(F)ccc3[nH]2)n[nH]1. The van der Waals surface area contributed by atoms with Crippen molar-refractivity contribution in [1.29, 1.82) is 0 Å². The number of fused-ring (bicyclic) bond motifs is 1. The van der Waals surface area contributed by atoms with E-state index in [2.05, 4.69) is 20.2 Å². The van der Waals surface area contributed by atoms with E-state index >= 15 is 0 Å². The van der Waals surface area contributed by atoms with Crippen LogP contribution in [0.25, 0.3) is 22.4 Å². The molecule has 4 nitrogen and oxygen atoms in total. The van der Waals surface area contributed by atoms with Gasteiger partial charge in [0, 0.05) is 10.9 Å². The number of aromatic nitrogens is 4. The number of nitrogens with zero attached hydrogens (tertiary/aromatic N) is 2. The second-order valence-corrected chi connectivity index (χ2v) is 3.66. The third kappa shape index (κ3) is 1.37. The van der Waals surface area contributed by atoms with E-state index < -0.39 is 0 Å². The van der Waals surface area contributed by atoms with Crippen molar-refractivity contribution in [3.63, 3.8) is 0 Å². The highest BCUT2D eigenvalue weighted by Gasteiger charge is 2.07. The maximum absolute atomic E-state index is 13.0. The van der Waals surface area contributed by atoms with E-state index in [4.69, 9.17) is 0 Å². The summed E-state index contributed by atoms with van der Waals surface area (Å²) in [4.78, 5) is 7.35. The molecule has 0 fully saturated rings. The number of H-pyrrole nitrogens is 2. The average molecular weight is 216 g/mol. The van der Waals surface area contributed by atoms with Crippen LogP contribution in [0, 0.1) is 12.7 Å². The number of benzene rings is 1. The Morgan fingerprint density at radius 2 is 2.12 bits per heavy atom. The van der Waals surface area contributed by atoms with E-state index in [-0.39, 0.29) is 5.82 Å². The molecule has 80 valence electrons. The zero-order chi connectivity index (χ0) is 11.1. The van der Waals surface area contributed by atoms with Gasteiger partial charge in [-0.3, -0.25) is 5.10 Å². The molecule has 0 saturated heterocycles. The van der Waals surface area contributed by atoms with Crippen molar-refractivity contribution >= 4 is 10.9 Å². The lowest BCUT2D eigenvalue weighted by Gasteiger charge is -1.88. The summed E-state index contributed by atoms with van der Waals surface area (Å²) in [6, 6.07) is 6.44. The second kappa shape index (κ2) is 3.16. The van der Waals surface area contributed by atoms with Crippen molar-refractivity contribution in [3.05, 3.63) is 35.9 Å². The fraction of sp³-hybridized carbons (Fsp3) is 0.0909. The fourth-order valence-corrected chi connectivity index (χ4v) is 1.69. The Hall–Kier alpha value is -2.17. The Morgan fingerprint density at radius 1 is 1.25 bits per heavy atom. The van der Waals surface area contributed by atoms with Crippen LogP contribution in [0.5, 0.6) is 0 Å². The third-order valence-electron chi connectivity index (χ3n) is 2.42. The Labute approximate surface area is 90.5 Å². The molecular formula is C11H9FN4. The third-order valence-corrected chi connectivity index (χ3v) is 2.42. The quantitative estimate of drug-likeness (QED) is 0.656. The number of halogens is 1. The first-order valence-electron chi connectivity index (χ1n) is 4.90. The molecule has 0 amide bonds. The van der Waals surface area contributed by atoms with E-state index in [1.165, 1.54) is 12.1 Å². The predicted molar refractivity (Wildman–Crippen MR) is 58.4 cm³/mol. The number of hydrogen-bond acceptors (Lipinski definition) is 2. The molecule has 2 aromatic heterocycles. The van der Waals surface area contributed by atoms with Crippen molar-refractivity contribution < 1.29 is 4.39 Å². The van der Waals surface area contributed by atoms with Crippen LogP contribution in [0.2, 0.25) is 0 Å². The summed E-state index contributed by atoms with van der Waals surface area (Å²) in [5, 5.41) is 7.63. The minimum atomic E-state index is -0.246. The number of rotatable bonds is 1. The highest BCUT2D eigenvalue weighted by molar-refractivity contribution is 5.84. The van der Waals surface area contributed by atoms with Gasteiger partial charge in [0.2, 0.25) is 0 Å². The normalized spacial score (nSPS) is 11.1. The maximum atomic E-state index is 13.0. The van der Waals surface area contributed by atoms with Crippen LogP contribution in [0.15, 0.2) is 24.3 Å². The Morgan fingerprint density at radius 3 is 2.88 bits per heavy atom. The van der Waals surface area contributed by atoms with E-state index in [9.17, 15) is 4.39 Å². The highest BCUT2D eigenvalue weighted by atomic mass is 19.1. The largest absolute Gasteiger partial charge is 0.352 e. The van der Waals surface area contributed by atoms with E-state index in [1.54, 1.807) is 6.07 Å². The molecule has 2 N–H and O–H groups in total. The first kappa shape index (κ1) is 9.08. The Bertz CT molecular complexity index is 653. The van der Waals surface area contributed by atoms with E-state index in [1.807, 2.05) is 13.0 Å². The summed E-state index contributed by atoms with van der Waals surface area (Å²) in [5.41, 5.74) is 1.66. The summed E-state index contributed by atoms with van der Waals surface area (Å²) in [5.74, 6) is 1.10. The molecule has 5 heteroatoms. The van der Waals surface area contributed by atoms with E-state index in [0.29, 0.717) is 5.82 Å². The van der Waals surface area contributed by atoms with Gasteiger partial charge in [-0.25, -0.2) is 9.37 Å². The summed E-state index contributed by atoms with van der Waals surface area (Å²) >= 11 is 0. The van der Waals surface area contributed by atoms with Crippen LogP contribution < -0.4 is 0 Å². The minimum Gasteiger partial charge on any atom is -0.352 e. The molecule has 1 aromatic carbocycles. The smallest absolute Gasteiger partial charge is 0.197 e. The molecule has 0 saturated carbocycles. The van der Waals surface area contributed by atoms with Crippen molar-refractivity contribution in [2.45, 2.75) is 6.92 Å². The molecule has 0 aliphatic heterocycles. The van der Waals surface area contributed by atoms with Gasteiger partial charge in [-0.2, -0.15) is 5.10 Å². The molecular weight excluding hydrogens is 207 g/mol. The highest BCUT2D eigenvalue weighted by Crippen LogP contribution is 2.22. The minimum absolute atomic E-state index is 0.246.